The Labute approximate surface area is 342 Å². The third-order valence-corrected chi connectivity index (χ3v) is 14.4. The van der Waals surface area contributed by atoms with Crippen LogP contribution in [0.3, 0.4) is 0 Å². The van der Waals surface area contributed by atoms with E-state index in [-0.39, 0.29) is 16.2 Å². The summed E-state index contributed by atoms with van der Waals surface area (Å²) in [5.41, 5.74) is 17.2. The average molecular weight is 756 g/mol. The molecule has 3 aliphatic rings. The number of nitrogens with zero attached hydrogens (tertiary/aromatic N) is 1. The number of anilines is 2. The summed E-state index contributed by atoms with van der Waals surface area (Å²) in [4.78, 5) is 2.56. The number of allylic oxidation sites excluding steroid dienone is 7. The van der Waals surface area contributed by atoms with E-state index in [2.05, 4.69) is 210 Å². The maximum atomic E-state index is 2.56. The van der Waals surface area contributed by atoms with Crippen LogP contribution < -0.4 is 4.90 Å². The molecule has 0 bridgehead atoms. The van der Waals surface area contributed by atoms with Crippen LogP contribution in [0, 0.1) is 0 Å². The van der Waals surface area contributed by atoms with Gasteiger partial charge in [0.05, 0.1) is 0 Å². The zero-order valence-electron chi connectivity index (χ0n) is 33.9. The molecule has 0 saturated carbocycles. The molecular weight excluding hydrogens is 707 g/mol. The number of thiophene rings is 1. The van der Waals surface area contributed by atoms with Crippen LogP contribution in [0.25, 0.3) is 42.4 Å². The zero-order valence-corrected chi connectivity index (χ0v) is 34.7. The van der Waals surface area contributed by atoms with E-state index in [1.165, 1.54) is 92.9 Å². The predicted octanol–water partition coefficient (Wildman–Crippen LogP) is 15.3. The van der Waals surface area contributed by atoms with Crippen LogP contribution in [0.1, 0.15) is 81.3 Å². The summed E-state index contributed by atoms with van der Waals surface area (Å²) in [6.07, 6.45) is 17.8. The molecular formula is C55H49NS. The van der Waals surface area contributed by atoms with Crippen molar-refractivity contribution in [2.45, 2.75) is 70.6 Å². The van der Waals surface area contributed by atoms with Crippen molar-refractivity contribution < 1.29 is 0 Å². The third kappa shape index (κ3) is 5.56. The normalized spacial score (nSPS) is 18.6. The lowest BCUT2D eigenvalue weighted by molar-refractivity contribution is 0.595. The van der Waals surface area contributed by atoms with Crippen molar-refractivity contribution >= 4 is 42.9 Å². The van der Waals surface area contributed by atoms with E-state index in [9.17, 15) is 0 Å². The molecule has 10 rings (SSSR count). The summed E-state index contributed by atoms with van der Waals surface area (Å²) in [7, 11) is 0. The molecule has 1 heterocycles. The van der Waals surface area contributed by atoms with E-state index < -0.39 is 0 Å². The van der Waals surface area contributed by atoms with Gasteiger partial charge in [0.1, 0.15) is 0 Å². The number of fused-ring (bicyclic) bond motifs is 9. The molecule has 0 aliphatic heterocycles. The second-order valence-electron chi connectivity index (χ2n) is 17.5. The summed E-state index contributed by atoms with van der Waals surface area (Å²) >= 11 is 1.88. The first kappa shape index (κ1) is 35.7. The smallest absolute Gasteiger partial charge is 0.0500 e. The fourth-order valence-electron chi connectivity index (χ4n) is 9.96. The molecule has 57 heavy (non-hydrogen) atoms. The first-order valence-electron chi connectivity index (χ1n) is 20.5. The van der Waals surface area contributed by atoms with Gasteiger partial charge in [-0.1, -0.05) is 144 Å². The van der Waals surface area contributed by atoms with Crippen molar-refractivity contribution in [2.75, 3.05) is 4.90 Å². The molecule has 0 saturated heterocycles. The molecule has 1 aromatic heterocycles. The SMILES string of the molecule is C/C=C\C=C/Cc1cc2c(cc1N(C1=CCC(C)(c3ccccc3)C=C1)c1ccc3sc4ccccc4c3c1)C(C)(C)c1cc3c(cc1-2)C(C)(C)c1ccccc1-3. The Hall–Kier alpha value is -5.70. The van der Waals surface area contributed by atoms with Gasteiger partial charge in [0, 0.05) is 53.5 Å². The standard InChI is InChI=1S/C55H49NS/c1-7-8-9-11-18-36-31-42-44-34-47-43(40-21-14-16-23-46(40)53(47,2)3)33-48(44)54(4,5)49(42)35-50(36)56(38-27-29-55(6,30-28-38)37-19-12-10-13-20-37)39-25-26-52-45(32-39)41-22-15-17-24-51(41)57-52/h7-17,19-29,31-35H,18,30H2,1-6H3/b8-7-,11-9-. The van der Waals surface area contributed by atoms with Crippen LogP contribution in [0.15, 0.2) is 170 Å². The quantitative estimate of drug-likeness (QED) is 0.146. The first-order chi connectivity index (χ1) is 27.6. The summed E-state index contributed by atoms with van der Waals surface area (Å²) in [5.74, 6) is 0. The summed E-state index contributed by atoms with van der Waals surface area (Å²) in [6.45, 7) is 14.1. The molecule has 1 unspecified atom stereocenters. The minimum Gasteiger partial charge on any atom is -0.311 e. The molecule has 1 nitrogen and oxygen atoms in total. The van der Waals surface area contributed by atoms with Crippen molar-refractivity contribution in [3.05, 3.63) is 203 Å². The highest BCUT2D eigenvalue weighted by Crippen LogP contribution is 2.57. The van der Waals surface area contributed by atoms with Gasteiger partial charge >= 0.3 is 0 Å². The second kappa shape index (κ2) is 13.2. The van der Waals surface area contributed by atoms with Crippen molar-refractivity contribution in [3.63, 3.8) is 0 Å². The van der Waals surface area contributed by atoms with Gasteiger partial charge in [0.15, 0.2) is 0 Å². The first-order valence-corrected chi connectivity index (χ1v) is 21.3. The van der Waals surface area contributed by atoms with E-state index in [4.69, 9.17) is 0 Å². The maximum absolute atomic E-state index is 2.56. The summed E-state index contributed by atoms with van der Waals surface area (Å²) in [5, 5.41) is 2.63. The van der Waals surface area contributed by atoms with Crippen LogP contribution >= 0.6 is 11.3 Å². The van der Waals surface area contributed by atoms with Crippen molar-refractivity contribution in [3.8, 4) is 22.3 Å². The molecule has 0 spiro atoms. The van der Waals surface area contributed by atoms with E-state index in [1.807, 2.05) is 11.3 Å². The fourth-order valence-corrected chi connectivity index (χ4v) is 11.0. The highest BCUT2D eigenvalue weighted by molar-refractivity contribution is 7.25. The minimum absolute atomic E-state index is 0.0544. The van der Waals surface area contributed by atoms with Gasteiger partial charge in [-0.3, -0.25) is 0 Å². The molecule has 280 valence electrons. The molecule has 6 aromatic carbocycles. The van der Waals surface area contributed by atoms with E-state index in [0.717, 1.165) is 12.8 Å². The van der Waals surface area contributed by atoms with Gasteiger partial charge < -0.3 is 4.90 Å². The Bertz CT molecular complexity index is 2870. The van der Waals surface area contributed by atoms with Crippen LogP contribution in [0.4, 0.5) is 11.4 Å². The zero-order chi connectivity index (χ0) is 39.1. The van der Waals surface area contributed by atoms with E-state index in [0.29, 0.717) is 0 Å². The van der Waals surface area contributed by atoms with Crippen LogP contribution in [-0.2, 0) is 22.7 Å². The van der Waals surface area contributed by atoms with Crippen LogP contribution in [0.5, 0.6) is 0 Å². The van der Waals surface area contributed by atoms with Crippen LogP contribution in [0.2, 0.25) is 0 Å². The highest BCUT2D eigenvalue weighted by Gasteiger charge is 2.42. The number of rotatable bonds is 7. The van der Waals surface area contributed by atoms with Crippen molar-refractivity contribution in [1.82, 2.24) is 0 Å². The molecule has 7 aromatic rings. The molecule has 2 heteroatoms. The summed E-state index contributed by atoms with van der Waals surface area (Å²) in [6, 6.07) is 46.1. The Kier molecular flexibility index (Phi) is 8.26. The number of hydrogen-bond donors (Lipinski definition) is 0. The van der Waals surface area contributed by atoms with Gasteiger partial charge in [-0.2, -0.15) is 0 Å². The van der Waals surface area contributed by atoms with Crippen molar-refractivity contribution in [2.24, 2.45) is 0 Å². The molecule has 3 aliphatic carbocycles. The Morgan fingerprint density at radius 3 is 2.05 bits per heavy atom. The Morgan fingerprint density at radius 2 is 1.28 bits per heavy atom. The van der Waals surface area contributed by atoms with Gasteiger partial charge in [0.25, 0.3) is 0 Å². The van der Waals surface area contributed by atoms with E-state index >= 15 is 0 Å². The molecule has 0 fully saturated rings. The summed E-state index contributed by atoms with van der Waals surface area (Å²) < 4.78 is 2.65. The molecule has 1 atom stereocenters. The average Bonchev–Trinajstić information content (AvgIpc) is 3.79. The van der Waals surface area contributed by atoms with Gasteiger partial charge in [-0.15, -0.1) is 11.3 Å². The fraction of sp³-hybridized carbons (Fsp3) is 0.200. The maximum Gasteiger partial charge on any atom is 0.0500 e. The highest BCUT2D eigenvalue weighted by atomic mass is 32.1. The lowest BCUT2D eigenvalue weighted by atomic mass is 9.76. The predicted molar refractivity (Wildman–Crippen MR) is 246 cm³/mol. The van der Waals surface area contributed by atoms with Crippen LogP contribution in [-0.4, -0.2) is 0 Å². The Morgan fingerprint density at radius 1 is 0.614 bits per heavy atom. The topological polar surface area (TPSA) is 3.24 Å². The third-order valence-electron chi connectivity index (χ3n) is 13.3. The minimum atomic E-state index is -0.183. The van der Waals surface area contributed by atoms with E-state index in [1.54, 1.807) is 0 Å². The number of hydrogen-bond acceptors (Lipinski definition) is 2. The van der Waals surface area contributed by atoms with Gasteiger partial charge in [-0.05, 0) is 130 Å². The van der Waals surface area contributed by atoms with Crippen molar-refractivity contribution in [1.29, 1.82) is 0 Å². The Balaban J connectivity index is 1.18. The van der Waals surface area contributed by atoms with Gasteiger partial charge in [0.2, 0.25) is 0 Å². The van der Waals surface area contributed by atoms with Gasteiger partial charge in [-0.25, -0.2) is 0 Å². The molecule has 0 radical (unpaired) electrons. The number of benzene rings is 6. The lowest BCUT2D eigenvalue weighted by Gasteiger charge is -2.35. The monoisotopic (exact) mass is 755 g/mol. The largest absolute Gasteiger partial charge is 0.311 e. The molecule has 0 N–H and O–H groups in total. The lowest BCUT2D eigenvalue weighted by Crippen LogP contribution is -2.25. The molecule has 0 amide bonds. The second-order valence-corrected chi connectivity index (χ2v) is 18.6.